The number of anilines is 1. The van der Waals surface area contributed by atoms with Crippen molar-refractivity contribution in [3.63, 3.8) is 0 Å². The van der Waals surface area contributed by atoms with Crippen LogP contribution in [0.4, 0.5) is 23.2 Å². The van der Waals surface area contributed by atoms with Crippen LogP contribution < -0.4 is 4.90 Å². The second kappa shape index (κ2) is 7.39. The van der Waals surface area contributed by atoms with Crippen LogP contribution in [0.25, 0.3) is 11.5 Å². The molecule has 2 aliphatic rings. The Morgan fingerprint density at radius 3 is 2.43 bits per heavy atom. The molecule has 2 atom stereocenters. The number of fused-ring (bicyclic) bond motifs is 2. The third kappa shape index (κ3) is 3.43. The van der Waals surface area contributed by atoms with E-state index in [2.05, 4.69) is 20.0 Å². The van der Waals surface area contributed by atoms with Gasteiger partial charge in [0.2, 0.25) is 5.89 Å². The van der Waals surface area contributed by atoms with Gasteiger partial charge in [0.05, 0.1) is 0 Å². The summed E-state index contributed by atoms with van der Waals surface area (Å²) in [6, 6.07) is 11.6. The topological polar surface area (TPSA) is 45.4 Å². The number of hydrogen-bond acceptors (Lipinski definition) is 5. The molecule has 3 aromatic rings. The van der Waals surface area contributed by atoms with Crippen LogP contribution in [0.3, 0.4) is 0 Å². The number of aromatic nitrogens is 2. The largest absolute Gasteiger partial charge is 0.415 e. The lowest BCUT2D eigenvalue weighted by Gasteiger charge is -2.35. The molecule has 2 bridgehead atoms. The van der Waals surface area contributed by atoms with Crippen LogP contribution >= 0.6 is 0 Å². The molecule has 5 nitrogen and oxygen atoms in total. The molecule has 2 aromatic carbocycles. The standard InChI is InChI=1S/C21H18F4N4O/c22-14-3-5-15(6-4-14)29-11-16-8-17(29)10-28(16)9-13-2-1-12(7-18(13)23)20-26-27-21(30-20)19(24)25/h1-7,16-17,19H,8-11H2/t16-,17-/m0/s1. The van der Waals surface area contributed by atoms with Crippen LogP contribution in [-0.4, -0.2) is 40.3 Å². The molecule has 0 N–H and O–H groups in total. The van der Waals surface area contributed by atoms with Crippen LogP contribution in [0, 0.1) is 11.6 Å². The van der Waals surface area contributed by atoms with E-state index in [1.807, 2.05) is 0 Å². The summed E-state index contributed by atoms with van der Waals surface area (Å²) in [4.78, 5) is 4.51. The van der Waals surface area contributed by atoms with Crippen molar-refractivity contribution >= 4 is 5.69 Å². The first kappa shape index (κ1) is 19.0. The zero-order valence-corrected chi connectivity index (χ0v) is 15.8. The monoisotopic (exact) mass is 418 g/mol. The van der Waals surface area contributed by atoms with E-state index >= 15 is 0 Å². The third-order valence-corrected chi connectivity index (χ3v) is 5.81. The van der Waals surface area contributed by atoms with Gasteiger partial charge in [0.25, 0.3) is 5.89 Å². The molecule has 30 heavy (non-hydrogen) atoms. The summed E-state index contributed by atoms with van der Waals surface area (Å²) >= 11 is 0. The molecular formula is C21H18F4N4O. The predicted molar refractivity (Wildman–Crippen MR) is 101 cm³/mol. The van der Waals surface area contributed by atoms with Gasteiger partial charge in [-0.05, 0) is 42.8 Å². The third-order valence-electron chi connectivity index (χ3n) is 5.81. The average molecular weight is 418 g/mol. The molecule has 0 saturated carbocycles. The quantitative estimate of drug-likeness (QED) is 0.575. The molecule has 0 aliphatic carbocycles. The number of benzene rings is 2. The fourth-order valence-electron chi connectivity index (χ4n) is 4.36. The fourth-order valence-corrected chi connectivity index (χ4v) is 4.36. The minimum absolute atomic E-state index is 0.133. The van der Waals surface area contributed by atoms with Gasteiger partial charge in [0, 0.05) is 48.5 Å². The maximum Gasteiger partial charge on any atom is 0.314 e. The molecule has 0 unspecified atom stereocenters. The summed E-state index contributed by atoms with van der Waals surface area (Å²) < 4.78 is 57.9. The Hall–Kier alpha value is -2.94. The summed E-state index contributed by atoms with van der Waals surface area (Å²) in [6.45, 7) is 2.07. The lowest BCUT2D eigenvalue weighted by molar-refractivity contribution is 0.116. The first-order chi connectivity index (χ1) is 14.5. The van der Waals surface area contributed by atoms with Gasteiger partial charge in [-0.3, -0.25) is 4.90 Å². The molecule has 156 valence electrons. The highest BCUT2D eigenvalue weighted by Crippen LogP contribution is 2.36. The number of halogens is 4. The number of likely N-dealkylation sites (tertiary alicyclic amines) is 1. The predicted octanol–water partition coefficient (Wildman–Crippen LogP) is 4.42. The number of rotatable bonds is 5. The first-order valence-corrected chi connectivity index (χ1v) is 9.64. The Bertz CT molecular complexity index is 1060. The molecular weight excluding hydrogens is 400 g/mol. The van der Waals surface area contributed by atoms with Crippen molar-refractivity contribution in [1.82, 2.24) is 15.1 Å². The summed E-state index contributed by atoms with van der Waals surface area (Å²) in [7, 11) is 0. The van der Waals surface area contributed by atoms with E-state index in [0.717, 1.165) is 25.2 Å². The summed E-state index contributed by atoms with van der Waals surface area (Å²) in [6.07, 6.45) is -1.88. The zero-order valence-electron chi connectivity index (χ0n) is 15.8. The van der Waals surface area contributed by atoms with Crippen molar-refractivity contribution in [3.8, 4) is 11.5 Å². The highest BCUT2D eigenvalue weighted by Gasteiger charge is 2.43. The summed E-state index contributed by atoms with van der Waals surface area (Å²) in [5, 5.41) is 6.82. The van der Waals surface area contributed by atoms with Crippen molar-refractivity contribution < 1.29 is 22.0 Å². The van der Waals surface area contributed by atoms with E-state index in [4.69, 9.17) is 4.42 Å². The van der Waals surface area contributed by atoms with E-state index < -0.39 is 18.1 Å². The van der Waals surface area contributed by atoms with Crippen molar-refractivity contribution in [1.29, 1.82) is 0 Å². The van der Waals surface area contributed by atoms with Gasteiger partial charge in [-0.2, -0.15) is 8.78 Å². The highest BCUT2D eigenvalue weighted by molar-refractivity contribution is 5.54. The minimum atomic E-state index is -2.87. The second-order valence-corrected chi connectivity index (χ2v) is 7.65. The Morgan fingerprint density at radius 2 is 1.80 bits per heavy atom. The van der Waals surface area contributed by atoms with Gasteiger partial charge in [0.1, 0.15) is 11.6 Å². The maximum absolute atomic E-state index is 14.7. The summed E-state index contributed by atoms with van der Waals surface area (Å²) in [5.74, 6) is -1.61. The smallest absolute Gasteiger partial charge is 0.314 e. The van der Waals surface area contributed by atoms with Crippen molar-refractivity contribution in [2.75, 3.05) is 18.0 Å². The lowest BCUT2D eigenvalue weighted by Crippen LogP contribution is -2.46. The van der Waals surface area contributed by atoms with Gasteiger partial charge < -0.3 is 9.32 Å². The fraction of sp³-hybridized carbons (Fsp3) is 0.333. The highest BCUT2D eigenvalue weighted by atomic mass is 19.3. The summed E-state index contributed by atoms with van der Waals surface area (Å²) in [5.41, 5.74) is 1.79. The maximum atomic E-state index is 14.7. The molecule has 0 spiro atoms. The molecule has 9 heteroatoms. The average Bonchev–Trinajstić information content (AvgIpc) is 3.45. The molecule has 2 saturated heterocycles. The first-order valence-electron chi connectivity index (χ1n) is 9.64. The van der Waals surface area contributed by atoms with E-state index in [9.17, 15) is 17.6 Å². The van der Waals surface area contributed by atoms with Crippen LogP contribution in [0.1, 0.15) is 24.3 Å². The molecule has 2 aliphatic heterocycles. The number of alkyl halides is 2. The van der Waals surface area contributed by atoms with E-state index in [-0.39, 0.29) is 17.3 Å². The molecule has 2 fully saturated rings. The molecule has 0 radical (unpaired) electrons. The van der Waals surface area contributed by atoms with Gasteiger partial charge >= 0.3 is 6.43 Å². The van der Waals surface area contributed by atoms with E-state index in [1.54, 1.807) is 24.3 Å². The molecule has 5 rings (SSSR count). The van der Waals surface area contributed by atoms with Gasteiger partial charge in [-0.25, -0.2) is 8.78 Å². The Balaban J connectivity index is 1.26. The van der Waals surface area contributed by atoms with Gasteiger partial charge in [-0.15, -0.1) is 10.2 Å². The van der Waals surface area contributed by atoms with E-state index in [0.29, 0.717) is 24.2 Å². The Labute approximate surface area is 169 Å². The minimum Gasteiger partial charge on any atom is -0.415 e. The normalized spacial score (nSPS) is 21.2. The zero-order chi connectivity index (χ0) is 20.8. The lowest BCUT2D eigenvalue weighted by atomic mass is 10.1. The molecule has 3 heterocycles. The van der Waals surface area contributed by atoms with Crippen molar-refractivity contribution in [2.24, 2.45) is 0 Å². The van der Waals surface area contributed by atoms with Gasteiger partial charge in [0.15, 0.2) is 0 Å². The van der Waals surface area contributed by atoms with Crippen LogP contribution in [0.15, 0.2) is 46.9 Å². The number of hydrogen-bond donors (Lipinski definition) is 0. The van der Waals surface area contributed by atoms with Crippen LogP contribution in [-0.2, 0) is 6.54 Å². The van der Waals surface area contributed by atoms with Crippen LogP contribution in [0.2, 0.25) is 0 Å². The van der Waals surface area contributed by atoms with Gasteiger partial charge in [-0.1, -0.05) is 6.07 Å². The van der Waals surface area contributed by atoms with Crippen LogP contribution in [0.5, 0.6) is 0 Å². The van der Waals surface area contributed by atoms with E-state index in [1.165, 1.54) is 18.2 Å². The second-order valence-electron chi connectivity index (χ2n) is 7.65. The molecule has 0 amide bonds. The Morgan fingerprint density at radius 1 is 1.00 bits per heavy atom. The molecule has 1 aromatic heterocycles. The SMILES string of the molecule is Fc1ccc(N2C[C@@H]3C[C@H]2CN3Cc2ccc(-c3nnc(C(F)F)o3)cc2F)cc1. The number of nitrogens with zero attached hydrogens (tertiary/aromatic N) is 4. The van der Waals surface area contributed by atoms with Crippen molar-refractivity contribution in [2.45, 2.75) is 31.5 Å². The number of piperazine rings is 1. The Kier molecular flexibility index (Phi) is 4.69. The van der Waals surface area contributed by atoms with Crippen molar-refractivity contribution in [3.05, 3.63) is 65.6 Å².